The molecule has 0 unspecified atom stereocenters. The lowest BCUT2D eigenvalue weighted by atomic mass is 9.66. The van der Waals surface area contributed by atoms with Crippen molar-refractivity contribution in [1.82, 2.24) is 9.78 Å². The zero-order valence-corrected chi connectivity index (χ0v) is 12.0. The van der Waals surface area contributed by atoms with E-state index in [2.05, 4.69) is 25.1 Å². The first-order chi connectivity index (χ1) is 8.54. The van der Waals surface area contributed by atoms with Crippen molar-refractivity contribution < 1.29 is 0 Å². The maximum absolute atomic E-state index is 6.09. The summed E-state index contributed by atoms with van der Waals surface area (Å²) >= 11 is 0. The van der Waals surface area contributed by atoms with E-state index >= 15 is 0 Å². The average molecular weight is 249 g/mol. The van der Waals surface area contributed by atoms with E-state index in [4.69, 9.17) is 5.73 Å². The van der Waals surface area contributed by atoms with Gasteiger partial charge in [-0.3, -0.25) is 4.68 Å². The van der Waals surface area contributed by atoms with Crippen LogP contribution in [0.15, 0.2) is 12.4 Å². The summed E-state index contributed by atoms with van der Waals surface area (Å²) < 4.78 is 1.89. The normalized spacial score (nSPS) is 28.8. The highest BCUT2D eigenvalue weighted by Gasteiger charge is 2.35. The summed E-state index contributed by atoms with van der Waals surface area (Å²) in [5.74, 6) is 1.72. The molecule has 2 N–H and O–H groups in total. The monoisotopic (exact) mass is 249 g/mol. The molecular weight excluding hydrogens is 222 g/mol. The van der Waals surface area contributed by atoms with Crippen LogP contribution in [-0.2, 0) is 13.5 Å². The molecule has 1 saturated carbocycles. The van der Waals surface area contributed by atoms with Gasteiger partial charge < -0.3 is 5.73 Å². The summed E-state index contributed by atoms with van der Waals surface area (Å²) in [6.45, 7) is 5.51. The molecule has 0 bridgehead atoms. The lowest BCUT2D eigenvalue weighted by Crippen LogP contribution is -2.37. The van der Waals surface area contributed by atoms with Gasteiger partial charge in [0.05, 0.1) is 6.20 Å². The third kappa shape index (κ3) is 2.94. The van der Waals surface area contributed by atoms with Gasteiger partial charge in [-0.25, -0.2) is 0 Å². The number of hydrogen-bond acceptors (Lipinski definition) is 2. The molecule has 3 heteroatoms. The van der Waals surface area contributed by atoms with Gasteiger partial charge in [0.15, 0.2) is 0 Å². The van der Waals surface area contributed by atoms with Crippen LogP contribution in [0.1, 0.15) is 45.1 Å². The fraction of sp³-hybridized carbons (Fsp3) is 0.800. The summed E-state index contributed by atoms with van der Waals surface area (Å²) in [4.78, 5) is 0. The third-order valence-corrected chi connectivity index (χ3v) is 4.80. The van der Waals surface area contributed by atoms with Crippen molar-refractivity contribution in [3.63, 3.8) is 0 Å². The molecule has 1 aromatic rings. The number of rotatable bonds is 4. The lowest BCUT2D eigenvalue weighted by Gasteiger charge is -2.40. The van der Waals surface area contributed by atoms with Crippen molar-refractivity contribution in [2.24, 2.45) is 30.0 Å². The Morgan fingerprint density at radius 3 is 2.56 bits per heavy atom. The van der Waals surface area contributed by atoms with E-state index in [1.54, 1.807) is 0 Å². The minimum atomic E-state index is 0.328. The molecule has 1 aliphatic carbocycles. The van der Waals surface area contributed by atoms with Crippen LogP contribution < -0.4 is 5.73 Å². The number of aryl methyl sites for hydroxylation is 1. The Morgan fingerprint density at radius 2 is 2.11 bits per heavy atom. The molecule has 18 heavy (non-hydrogen) atoms. The Morgan fingerprint density at radius 1 is 1.44 bits per heavy atom. The number of nitrogens with zero attached hydrogens (tertiary/aromatic N) is 2. The molecule has 0 amide bonds. The summed E-state index contributed by atoms with van der Waals surface area (Å²) in [6.07, 6.45) is 10.5. The number of nitrogens with two attached hydrogens (primary N) is 1. The van der Waals surface area contributed by atoms with Crippen molar-refractivity contribution in [2.45, 2.75) is 46.0 Å². The first kappa shape index (κ1) is 13.6. The van der Waals surface area contributed by atoms with Crippen molar-refractivity contribution in [2.75, 3.05) is 6.54 Å². The molecule has 0 atom stereocenters. The molecule has 3 nitrogen and oxygen atoms in total. The Balaban J connectivity index is 2.00. The van der Waals surface area contributed by atoms with Gasteiger partial charge in [-0.15, -0.1) is 0 Å². The summed E-state index contributed by atoms with van der Waals surface area (Å²) in [5, 5.41) is 4.27. The number of aromatic nitrogens is 2. The second kappa shape index (κ2) is 5.43. The second-order valence-corrected chi connectivity index (χ2v) is 6.48. The molecule has 1 heterocycles. The van der Waals surface area contributed by atoms with E-state index < -0.39 is 0 Å². The highest BCUT2D eigenvalue weighted by Crippen LogP contribution is 2.42. The third-order valence-electron chi connectivity index (χ3n) is 4.80. The van der Waals surface area contributed by atoms with Gasteiger partial charge in [0.1, 0.15) is 0 Å². The minimum absolute atomic E-state index is 0.328. The Kier molecular flexibility index (Phi) is 4.10. The zero-order chi connectivity index (χ0) is 13.2. The second-order valence-electron chi connectivity index (χ2n) is 6.48. The molecule has 0 aromatic carbocycles. The van der Waals surface area contributed by atoms with E-state index in [9.17, 15) is 0 Å². The van der Waals surface area contributed by atoms with E-state index in [1.165, 1.54) is 31.2 Å². The minimum Gasteiger partial charge on any atom is -0.330 e. The topological polar surface area (TPSA) is 43.8 Å². The van der Waals surface area contributed by atoms with Gasteiger partial charge in [-0.1, -0.05) is 13.8 Å². The van der Waals surface area contributed by atoms with Gasteiger partial charge in [-0.2, -0.15) is 5.10 Å². The van der Waals surface area contributed by atoms with Crippen LogP contribution in [0.25, 0.3) is 0 Å². The molecule has 0 aliphatic heterocycles. The van der Waals surface area contributed by atoms with Gasteiger partial charge in [0, 0.05) is 13.2 Å². The van der Waals surface area contributed by atoms with Crippen molar-refractivity contribution >= 4 is 0 Å². The number of hydrogen-bond donors (Lipinski definition) is 1. The van der Waals surface area contributed by atoms with Crippen LogP contribution in [0.2, 0.25) is 0 Å². The van der Waals surface area contributed by atoms with Crippen LogP contribution in [0.3, 0.4) is 0 Å². The van der Waals surface area contributed by atoms with Crippen molar-refractivity contribution in [3.05, 3.63) is 18.0 Å². The summed E-state index contributed by atoms with van der Waals surface area (Å²) in [5.41, 5.74) is 7.75. The average Bonchev–Trinajstić information content (AvgIpc) is 2.75. The standard InChI is InChI=1S/C15H27N3/c1-12(2)14-4-6-15(11-16,7-5-14)8-13-9-17-18(3)10-13/h9-10,12,14H,4-8,11,16H2,1-3H3. The molecule has 2 rings (SSSR count). The van der Waals surface area contributed by atoms with Gasteiger partial charge in [0.25, 0.3) is 0 Å². The Bertz CT molecular complexity index is 373. The van der Waals surface area contributed by atoms with Crippen LogP contribution in [-0.4, -0.2) is 16.3 Å². The predicted molar refractivity (Wildman–Crippen MR) is 75.2 cm³/mol. The molecule has 1 aromatic heterocycles. The van der Waals surface area contributed by atoms with Gasteiger partial charge >= 0.3 is 0 Å². The van der Waals surface area contributed by atoms with Gasteiger partial charge in [0.2, 0.25) is 0 Å². The molecule has 0 spiro atoms. The predicted octanol–water partition coefficient (Wildman–Crippen LogP) is 2.75. The highest BCUT2D eigenvalue weighted by atomic mass is 15.2. The highest BCUT2D eigenvalue weighted by molar-refractivity contribution is 5.08. The smallest absolute Gasteiger partial charge is 0.0521 e. The van der Waals surface area contributed by atoms with Crippen LogP contribution >= 0.6 is 0 Å². The quantitative estimate of drug-likeness (QED) is 0.891. The molecule has 0 radical (unpaired) electrons. The largest absolute Gasteiger partial charge is 0.330 e. The van der Waals surface area contributed by atoms with Crippen LogP contribution in [0.5, 0.6) is 0 Å². The van der Waals surface area contributed by atoms with Crippen molar-refractivity contribution in [1.29, 1.82) is 0 Å². The molecule has 1 fully saturated rings. The first-order valence-corrected chi connectivity index (χ1v) is 7.22. The molecule has 0 saturated heterocycles. The van der Waals surface area contributed by atoms with Gasteiger partial charge in [-0.05, 0) is 61.5 Å². The molecular formula is C15H27N3. The first-order valence-electron chi connectivity index (χ1n) is 7.22. The van der Waals surface area contributed by atoms with Crippen LogP contribution in [0, 0.1) is 17.3 Å². The van der Waals surface area contributed by atoms with Crippen molar-refractivity contribution in [3.8, 4) is 0 Å². The van der Waals surface area contributed by atoms with E-state index in [-0.39, 0.29) is 0 Å². The Labute approximate surface area is 111 Å². The summed E-state index contributed by atoms with van der Waals surface area (Å²) in [7, 11) is 1.98. The van der Waals surface area contributed by atoms with E-state index in [1.807, 2.05) is 17.9 Å². The molecule has 1 aliphatic rings. The fourth-order valence-corrected chi connectivity index (χ4v) is 3.37. The maximum Gasteiger partial charge on any atom is 0.0521 e. The SMILES string of the molecule is CC(C)C1CCC(CN)(Cc2cnn(C)c2)CC1. The zero-order valence-electron chi connectivity index (χ0n) is 12.0. The maximum atomic E-state index is 6.09. The summed E-state index contributed by atoms with van der Waals surface area (Å²) in [6, 6.07) is 0. The Hall–Kier alpha value is -0.830. The fourth-order valence-electron chi connectivity index (χ4n) is 3.37. The lowest BCUT2D eigenvalue weighted by molar-refractivity contribution is 0.132. The van der Waals surface area contributed by atoms with E-state index in [0.717, 1.165) is 24.8 Å². The van der Waals surface area contributed by atoms with E-state index in [0.29, 0.717) is 5.41 Å². The van der Waals surface area contributed by atoms with Crippen LogP contribution in [0.4, 0.5) is 0 Å². The molecule has 102 valence electrons.